The fraction of sp³-hybridized carbons (Fsp3) is 0.471. The molecule has 3 aromatic carbocycles. The Hall–Kier alpha value is -1.33. The van der Waals surface area contributed by atoms with Crippen molar-refractivity contribution >= 4 is 48.0 Å². The third kappa shape index (κ3) is 11.1. The summed E-state index contributed by atoms with van der Waals surface area (Å²) in [5, 5.41) is 4.56. The van der Waals surface area contributed by atoms with Gasteiger partial charge in [-0.3, -0.25) is 0 Å². The molecule has 0 fully saturated rings. The maximum Gasteiger partial charge on any atom is 0.112 e. The first kappa shape index (κ1) is 33.7. The third-order valence-electron chi connectivity index (χ3n) is 7.44. The molecule has 0 aliphatic heterocycles. The van der Waals surface area contributed by atoms with Crippen LogP contribution in [0.1, 0.15) is 96.8 Å². The van der Waals surface area contributed by atoms with Gasteiger partial charge in [-0.05, 0) is 49.2 Å². The smallest absolute Gasteiger partial charge is 0.112 e. The van der Waals surface area contributed by atoms with Gasteiger partial charge in [-0.15, -0.1) is 24.8 Å². The molecule has 37 heavy (non-hydrogen) atoms. The van der Waals surface area contributed by atoms with Crippen LogP contribution in [-0.4, -0.2) is 6.16 Å². The van der Waals surface area contributed by atoms with E-state index in [0.717, 1.165) is 0 Å². The molecule has 0 saturated heterocycles. The fourth-order valence-corrected chi connectivity index (χ4v) is 9.84. The molecule has 0 atom stereocenters. The van der Waals surface area contributed by atoms with Crippen LogP contribution in [0.5, 0.6) is 0 Å². The lowest BCUT2D eigenvalue weighted by atomic mass is 10.0. The average Bonchev–Trinajstić information content (AvgIpc) is 2.93. The maximum absolute atomic E-state index is 2.37. The highest BCUT2D eigenvalue weighted by Crippen LogP contribution is 2.56. The van der Waals surface area contributed by atoms with Crippen LogP contribution in [0.15, 0.2) is 91.0 Å². The minimum absolute atomic E-state index is 0. The zero-order valence-corrected chi connectivity index (χ0v) is 25.6. The molecule has 0 amide bonds. The van der Waals surface area contributed by atoms with Crippen LogP contribution in [0.25, 0.3) is 0 Å². The molecule has 0 saturated carbocycles. The Labute approximate surface area is 241 Å². The van der Waals surface area contributed by atoms with Gasteiger partial charge < -0.3 is 0 Å². The first-order chi connectivity index (χ1) is 17.4. The van der Waals surface area contributed by atoms with Crippen molar-refractivity contribution in [3.63, 3.8) is 0 Å². The summed E-state index contributed by atoms with van der Waals surface area (Å²) in [5.74, 6) is 0. The van der Waals surface area contributed by atoms with E-state index in [-0.39, 0.29) is 24.8 Å². The van der Waals surface area contributed by atoms with Gasteiger partial charge in [-0.1, -0.05) is 139 Å². The molecule has 0 radical (unpaired) electrons. The van der Waals surface area contributed by atoms with Crippen LogP contribution in [0.4, 0.5) is 0 Å². The standard InChI is InChI=1S/C34H48P.2ClH/c1-2-3-4-5-6-7-8-9-10-11-12-13-14-24-31-35(32-25-18-15-19-26-32,33-27-20-16-21-28-33)34-29-22-17-23-30-34;;/h15-23,25-30H,2-14,24,31H2,1H3;2*1H/q+1;;. The van der Waals surface area contributed by atoms with E-state index in [1.807, 2.05) is 0 Å². The van der Waals surface area contributed by atoms with Crippen LogP contribution >= 0.6 is 32.1 Å². The lowest BCUT2D eigenvalue weighted by Crippen LogP contribution is -2.33. The number of halogens is 2. The minimum Gasteiger partial charge on any atom is -0.147 e. The lowest BCUT2D eigenvalue weighted by molar-refractivity contribution is 0.538. The van der Waals surface area contributed by atoms with Crippen molar-refractivity contribution in [1.82, 2.24) is 0 Å². The summed E-state index contributed by atoms with van der Waals surface area (Å²) >= 11 is 0. The van der Waals surface area contributed by atoms with E-state index in [1.165, 1.54) is 112 Å². The van der Waals surface area contributed by atoms with Gasteiger partial charge in [0.05, 0.1) is 6.16 Å². The average molecular weight is 561 g/mol. The second-order valence-electron chi connectivity index (χ2n) is 10.1. The summed E-state index contributed by atoms with van der Waals surface area (Å²) in [5.41, 5.74) is 0. The second kappa shape index (κ2) is 20.6. The van der Waals surface area contributed by atoms with Crippen LogP contribution < -0.4 is 15.9 Å². The Morgan fingerprint density at radius 3 is 0.946 bits per heavy atom. The van der Waals surface area contributed by atoms with E-state index >= 15 is 0 Å². The van der Waals surface area contributed by atoms with Gasteiger partial charge in [-0.2, -0.15) is 0 Å². The van der Waals surface area contributed by atoms with Crippen molar-refractivity contribution in [3.8, 4) is 0 Å². The van der Waals surface area contributed by atoms with Gasteiger partial charge in [0.15, 0.2) is 0 Å². The zero-order valence-electron chi connectivity index (χ0n) is 23.0. The molecule has 0 heterocycles. The topological polar surface area (TPSA) is 0 Å². The Bertz CT molecular complexity index is 802. The first-order valence-corrected chi connectivity index (χ1v) is 16.4. The maximum atomic E-state index is 2.37. The van der Waals surface area contributed by atoms with Crippen LogP contribution in [0.2, 0.25) is 0 Å². The predicted octanol–water partition coefficient (Wildman–Crippen LogP) is 10.3. The summed E-state index contributed by atoms with van der Waals surface area (Å²) in [6.07, 6.45) is 21.0. The van der Waals surface area contributed by atoms with Gasteiger partial charge in [0.2, 0.25) is 0 Å². The van der Waals surface area contributed by atoms with E-state index < -0.39 is 7.26 Å². The summed E-state index contributed by atoms with van der Waals surface area (Å²) in [7, 11) is -1.64. The molecule has 0 spiro atoms. The van der Waals surface area contributed by atoms with E-state index in [0.29, 0.717) is 0 Å². The summed E-state index contributed by atoms with van der Waals surface area (Å²) in [6.45, 7) is 2.30. The van der Waals surface area contributed by atoms with Gasteiger partial charge in [0, 0.05) is 0 Å². The molecule has 0 nitrogen and oxygen atoms in total. The molecule has 0 aliphatic rings. The molecule has 3 aromatic rings. The van der Waals surface area contributed by atoms with Crippen molar-refractivity contribution in [2.75, 3.05) is 6.16 Å². The highest BCUT2D eigenvalue weighted by atomic mass is 35.5. The van der Waals surface area contributed by atoms with E-state index in [2.05, 4.69) is 97.9 Å². The SMILES string of the molecule is CCCCCCCCCCCCCCCC[P+](c1ccccc1)(c1ccccc1)c1ccccc1.Cl.Cl. The monoisotopic (exact) mass is 559 g/mol. The quantitative estimate of drug-likeness (QED) is 0.107. The molecule has 0 aromatic heterocycles. The molecule has 0 aliphatic carbocycles. The van der Waals surface area contributed by atoms with E-state index in [4.69, 9.17) is 0 Å². The molecule has 3 heteroatoms. The highest BCUT2D eigenvalue weighted by Gasteiger charge is 2.44. The molecular formula is C34H50Cl2P+. The largest absolute Gasteiger partial charge is 0.147 e. The van der Waals surface area contributed by atoms with Crippen LogP contribution in [0, 0.1) is 0 Å². The Balaban J connectivity index is 0.00000342. The highest BCUT2D eigenvalue weighted by molar-refractivity contribution is 7.95. The van der Waals surface area contributed by atoms with Gasteiger partial charge in [-0.25, -0.2) is 0 Å². The molecule has 0 bridgehead atoms. The molecule has 3 rings (SSSR count). The van der Waals surface area contributed by atoms with Crippen molar-refractivity contribution in [3.05, 3.63) is 91.0 Å². The molecule has 0 N–H and O–H groups in total. The van der Waals surface area contributed by atoms with Crippen molar-refractivity contribution in [2.24, 2.45) is 0 Å². The summed E-state index contributed by atoms with van der Waals surface area (Å²) < 4.78 is 0. The normalized spacial score (nSPS) is 10.9. The number of unbranched alkanes of at least 4 members (excludes halogenated alkanes) is 13. The number of hydrogen-bond acceptors (Lipinski definition) is 0. The second-order valence-corrected chi connectivity index (χ2v) is 13.8. The van der Waals surface area contributed by atoms with E-state index in [1.54, 1.807) is 0 Å². The van der Waals surface area contributed by atoms with Gasteiger partial charge >= 0.3 is 0 Å². The van der Waals surface area contributed by atoms with Gasteiger partial charge in [0.1, 0.15) is 23.2 Å². The zero-order chi connectivity index (χ0) is 24.4. The number of hydrogen-bond donors (Lipinski definition) is 0. The first-order valence-electron chi connectivity index (χ1n) is 14.4. The predicted molar refractivity (Wildman–Crippen MR) is 175 cm³/mol. The Kier molecular flexibility index (Phi) is 18.8. The summed E-state index contributed by atoms with van der Waals surface area (Å²) in [6, 6.07) is 34.0. The van der Waals surface area contributed by atoms with Crippen molar-refractivity contribution < 1.29 is 0 Å². The number of rotatable bonds is 18. The van der Waals surface area contributed by atoms with E-state index in [9.17, 15) is 0 Å². The minimum atomic E-state index is -1.64. The van der Waals surface area contributed by atoms with Crippen LogP contribution in [0.3, 0.4) is 0 Å². The molecular weight excluding hydrogens is 510 g/mol. The summed E-state index contributed by atoms with van der Waals surface area (Å²) in [4.78, 5) is 0. The Morgan fingerprint density at radius 2 is 0.649 bits per heavy atom. The fourth-order valence-electron chi connectivity index (χ4n) is 5.43. The Morgan fingerprint density at radius 1 is 0.378 bits per heavy atom. The van der Waals surface area contributed by atoms with Crippen molar-refractivity contribution in [2.45, 2.75) is 96.8 Å². The lowest BCUT2D eigenvalue weighted by Gasteiger charge is -2.27. The third-order valence-corrected chi connectivity index (χ3v) is 12.0. The van der Waals surface area contributed by atoms with Crippen molar-refractivity contribution in [1.29, 1.82) is 0 Å². The van der Waals surface area contributed by atoms with Crippen LogP contribution in [-0.2, 0) is 0 Å². The molecule has 204 valence electrons. The van der Waals surface area contributed by atoms with Gasteiger partial charge in [0.25, 0.3) is 0 Å². The molecule has 0 unspecified atom stereocenters. The number of benzene rings is 3.